The summed E-state index contributed by atoms with van der Waals surface area (Å²) < 4.78 is 25.0. The second kappa shape index (κ2) is 3.72. The predicted molar refractivity (Wildman–Crippen MR) is 48.2 cm³/mol. The first-order valence-corrected chi connectivity index (χ1v) is 5.94. The minimum Gasteiger partial charge on any atom is -0.328 e. The summed E-state index contributed by atoms with van der Waals surface area (Å²) in [5.74, 6) is 0.221. The van der Waals surface area contributed by atoms with E-state index in [1.165, 1.54) is 0 Å². The van der Waals surface area contributed by atoms with Crippen molar-refractivity contribution in [3.05, 3.63) is 0 Å². The van der Waals surface area contributed by atoms with Crippen molar-refractivity contribution in [2.45, 2.75) is 38.3 Å². The van der Waals surface area contributed by atoms with Crippen LogP contribution in [0.25, 0.3) is 0 Å². The van der Waals surface area contributed by atoms with Crippen molar-refractivity contribution >= 4 is 10.0 Å². The fraction of sp³-hybridized carbons (Fsp3) is 1.00. The van der Waals surface area contributed by atoms with E-state index < -0.39 is 10.0 Å². The van der Waals surface area contributed by atoms with Gasteiger partial charge in [-0.2, -0.15) is 0 Å². The van der Waals surface area contributed by atoms with Gasteiger partial charge in [0.15, 0.2) is 0 Å². The molecule has 0 aliphatic heterocycles. The van der Waals surface area contributed by atoms with Crippen molar-refractivity contribution in [1.82, 2.24) is 4.72 Å². The maximum atomic E-state index is 11.2. The van der Waals surface area contributed by atoms with Crippen LogP contribution in [0.2, 0.25) is 0 Å². The van der Waals surface area contributed by atoms with Crippen molar-refractivity contribution in [2.24, 2.45) is 5.73 Å². The van der Waals surface area contributed by atoms with E-state index >= 15 is 0 Å². The van der Waals surface area contributed by atoms with Crippen LogP contribution in [0.4, 0.5) is 0 Å². The summed E-state index contributed by atoms with van der Waals surface area (Å²) in [7, 11) is -3.02. The normalized spacial score (nSPS) is 29.8. The fourth-order valence-electron chi connectivity index (χ4n) is 1.34. The molecule has 12 heavy (non-hydrogen) atoms. The standard InChI is InChI=1S/C7H16N2O2S/c1-2-3-12(10,11)9-7-4-6(8)5-7/h6-7,9H,2-5,8H2,1H3. The van der Waals surface area contributed by atoms with Gasteiger partial charge in [0.25, 0.3) is 0 Å². The van der Waals surface area contributed by atoms with Crippen LogP contribution in [0, 0.1) is 0 Å². The van der Waals surface area contributed by atoms with Crippen molar-refractivity contribution < 1.29 is 8.42 Å². The van der Waals surface area contributed by atoms with E-state index in [0.29, 0.717) is 6.42 Å². The highest BCUT2D eigenvalue weighted by molar-refractivity contribution is 7.89. The Hall–Kier alpha value is -0.130. The molecule has 0 aromatic carbocycles. The first-order valence-electron chi connectivity index (χ1n) is 4.29. The highest BCUT2D eigenvalue weighted by Gasteiger charge is 2.28. The molecule has 0 amide bonds. The monoisotopic (exact) mass is 192 g/mol. The molecule has 1 rings (SSSR count). The Morgan fingerprint density at radius 3 is 2.50 bits per heavy atom. The number of nitrogens with two attached hydrogens (primary N) is 1. The second-order valence-corrected chi connectivity index (χ2v) is 5.24. The zero-order valence-corrected chi connectivity index (χ0v) is 8.10. The zero-order valence-electron chi connectivity index (χ0n) is 7.29. The average Bonchev–Trinajstić information content (AvgIpc) is 1.83. The number of sulfonamides is 1. The molecular formula is C7H16N2O2S. The lowest BCUT2D eigenvalue weighted by atomic mass is 9.89. The molecule has 0 bridgehead atoms. The van der Waals surface area contributed by atoms with Gasteiger partial charge in [-0.05, 0) is 19.3 Å². The zero-order chi connectivity index (χ0) is 9.19. The van der Waals surface area contributed by atoms with Crippen molar-refractivity contribution in [1.29, 1.82) is 0 Å². The minimum atomic E-state index is -3.02. The van der Waals surface area contributed by atoms with E-state index in [0.717, 1.165) is 12.8 Å². The largest absolute Gasteiger partial charge is 0.328 e. The third-order valence-corrected chi connectivity index (χ3v) is 3.63. The van der Waals surface area contributed by atoms with Crippen LogP contribution < -0.4 is 10.5 Å². The van der Waals surface area contributed by atoms with E-state index in [1.54, 1.807) is 0 Å². The smallest absolute Gasteiger partial charge is 0.211 e. The maximum absolute atomic E-state index is 11.2. The van der Waals surface area contributed by atoms with Gasteiger partial charge in [-0.1, -0.05) is 6.92 Å². The number of hydrogen-bond donors (Lipinski definition) is 2. The van der Waals surface area contributed by atoms with Gasteiger partial charge in [0, 0.05) is 12.1 Å². The lowest BCUT2D eigenvalue weighted by molar-refractivity contribution is 0.327. The molecule has 1 fully saturated rings. The van der Waals surface area contributed by atoms with Crippen LogP contribution in [0.3, 0.4) is 0 Å². The highest BCUT2D eigenvalue weighted by Crippen LogP contribution is 2.18. The molecule has 4 nitrogen and oxygen atoms in total. The summed E-state index contributed by atoms with van der Waals surface area (Å²) in [6.07, 6.45) is 2.22. The number of rotatable bonds is 4. The molecule has 0 radical (unpaired) electrons. The van der Waals surface area contributed by atoms with Gasteiger partial charge in [-0.3, -0.25) is 0 Å². The van der Waals surface area contributed by atoms with Crippen LogP contribution in [0.1, 0.15) is 26.2 Å². The molecule has 0 unspecified atom stereocenters. The Labute approximate surface area is 73.6 Å². The molecule has 0 heterocycles. The van der Waals surface area contributed by atoms with E-state index in [-0.39, 0.29) is 17.8 Å². The molecule has 3 N–H and O–H groups in total. The number of nitrogens with one attached hydrogen (secondary N) is 1. The summed E-state index contributed by atoms with van der Waals surface area (Å²) in [5.41, 5.74) is 5.53. The predicted octanol–water partition coefficient (Wildman–Crippen LogP) is -0.195. The van der Waals surface area contributed by atoms with E-state index in [9.17, 15) is 8.42 Å². The molecule has 1 aliphatic rings. The van der Waals surface area contributed by atoms with Gasteiger partial charge in [-0.25, -0.2) is 13.1 Å². The van der Waals surface area contributed by atoms with Crippen molar-refractivity contribution in [3.63, 3.8) is 0 Å². The summed E-state index contributed by atoms with van der Waals surface area (Å²) in [6.45, 7) is 1.85. The SMILES string of the molecule is CCCS(=O)(=O)NC1CC(N)C1. The van der Waals surface area contributed by atoms with Crippen LogP contribution in [0.5, 0.6) is 0 Å². The van der Waals surface area contributed by atoms with Crippen molar-refractivity contribution in [3.8, 4) is 0 Å². The Morgan fingerprint density at radius 2 is 2.08 bits per heavy atom. The first-order chi connectivity index (χ1) is 5.53. The minimum absolute atomic E-state index is 0.0940. The van der Waals surface area contributed by atoms with Crippen LogP contribution in [-0.4, -0.2) is 26.3 Å². The second-order valence-electron chi connectivity index (χ2n) is 3.37. The fourth-order valence-corrected chi connectivity index (χ4v) is 2.70. The van der Waals surface area contributed by atoms with Crippen LogP contribution in [-0.2, 0) is 10.0 Å². The van der Waals surface area contributed by atoms with Crippen LogP contribution in [0.15, 0.2) is 0 Å². The molecule has 0 aromatic rings. The Morgan fingerprint density at radius 1 is 1.50 bits per heavy atom. The van der Waals surface area contributed by atoms with Gasteiger partial charge in [0.05, 0.1) is 5.75 Å². The maximum Gasteiger partial charge on any atom is 0.211 e. The molecule has 0 spiro atoms. The van der Waals surface area contributed by atoms with Gasteiger partial charge < -0.3 is 5.73 Å². The summed E-state index contributed by atoms with van der Waals surface area (Å²) >= 11 is 0. The van der Waals surface area contributed by atoms with E-state index in [4.69, 9.17) is 5.73 Å². The van der Waals surface area contributed by atoms with Crippen LogP contribution >= 0.6 is 0 Å². The molecule has 1 saturated carbocycles. The quantitative estimate of drug-likeness (QED) is 0.648. The van der Waals surface area contributed by atoms with Gasteiger partial charge >= 0.3 is 0 Å². The third kappa shape index (κ3) is 2.73. The molecule has 5 heteroatoms. The Bertz CT molecular complexity index is 232. The number of hydrogen-bond acceptors (Lipinski definition) is 3. The molecule has 1 aliphatic carbocycles. The average molecular weight is 192 g/mol. The molecule has 72 valence electrons. The molecule has 0 aromatic heterocycles. The Kier molecular flexibility index (Phi) is 3.09. The van der Waals surface area contributed by atoms with Gasteiger partial charge in [-0.15, -0.1) is 0 Å². The lowest BCUT2D eigenvalue weighted by Gasteiger charge is -2.32. The van der Waals surface area contributed by atoms with E-state index in [1.807, 2.05) is 6.92 Å². The summed E-state index contributed by atoms with van der Waals surface area (Å²) in [5, 5.41) is 0. The molecular weight excluding hydrogens is 176 g/mol. The van der Waals surface area contributed by atoms with Gasteiger partial charge in [0.1, 0.15) is 0 Å². The third-order valence-electron chi connectivity index (χ3n) is 1.99. The molecule has 0 saturated heterocycles. The summed E-state index contributed by atoms with van der Waals surface area (Å²) in [4.78, 5) is 0. The Balaban J connectivity index is 2.31. The topological polar surface area (TPSA) is 72.2 Å². The first kappa shape index (κ1) is 9.95. The lowest BCUT2D eigenvalue weighted by Crippen LogP contribution is -2.50. The van der Waals surface area contributed by atoms with E-state index in [2.05, 4.69) is 4.72 Å². The molecule has 0 atom stereocenters. The summed E-state index contributed by atoms with van der Waals surface area (Å²) in [6, 6.07) is 0.288. The highest BCUT2D eigenvalue weighted by atomic mass is 32.2. The van der Waals surface area contributed by atoms with Crippen molar-refractivity contribution in [2.75, 3.05) is 5.75 Å². The van der Waals surface area contributed by atoms with Gasteiger partial charge in [0.2, 0.25) is 10.0 Å².